The molecule has 148 valence electrons. The maximum absolute atomic E-state index is 12.1. The fraction of sp³-hybridized carbons (Fsp3) is 0.333. The van der Waals surface area contributed by atoms with Gasteiger partial charge in [0.2, 0.25) is 5.91 Å². The summed E-state index contributed by atoms with van der Waals surface area (Å²) in [5.41, 5.74) is 2.52. The molecule has 1 saturated heterocycles. The highest BCUT2D eigenvalue weighted by atomic mass is 16.5. The Hall–Kier alpha value is -3.06. The summed E-state index contributed by atoms with van der Waals surface area (Å²) in [6.07, 6.45) is 0.322. The number of hydrogen-bond acceptors (Lipinski definition) is 4. The maximum atomic E-state index is 12.1. The minimum atomic E-state index is -0.296. The summed E-state index contributed by atoms with van der Waals surface area (Å²) >= 11 is 0. The minimum Gasteiger partial charge on any atom is -0.497 e. The molecule has 7 nitrogen and oxygen atoms in total. The number of methoxy groups -OCH3 is 1. The number of carbonyl (C=O) groups is 2. The van der Waals surface area contributed by atoms with Gasteiger partial charge in [-0.3, -0.25) is 4.79 Å². The van der Waals surface area contributed by atoms with Crippen LogP contribution in [-0.4, -0.2) is 48.8 Å². The minimum absolute atomic E-state index is 0.0580. The Morgan fingerprint density at radius 3 is 2.32 bits per heavy atom. The number of urea groups is 1. The van der Waals surface area contributed by atoms with Gasteiger partial charge in [0, 0.05) is 37.8 Å². The number of aliphatic hydroxyl groups is 1. The number of likely N-dealkylation sites (tertiary alicyclic amines) is 1. The summed E-state index contributed by atoms with van der Waals surface area (Å²) in [7, 11) is 1.61. The molecule has 0 bridgehead atoms. The van der Waals surface area contributed by atoms with Crippen molar-refractivity contribution < 1.29 is 19.4 Å². The summed E-state index contributed by atoms with van der Waals surface area (Å²) in [4.78, 5) is 25.9. The Morgan fingerprint density at radius 1 is 1.07 bits per heavy atom. The lowest BCUT2D eigenvalue weighted by Gasteiger charge is -2.38. The molecule has 0 unspecified atom stereocenters. The van der Waals surface area contributed by atoms with Gasteiger partial charge in [0.15, 0.2) is 0 Å². The fourth-order valence-corrected chi connectivity index (χ4v) is 2.98. The molecule has 7 heteroatoms. The smallest absolute Gasteiger partial charge is 0.319 e. The average molecular weight is 383 g/mol. The number of aliphatic hydroxyl groups excluding tert-OH is 1. The van der Waals surface area contributed by atoms with E-state index in [1.807, 2.05) is 36.4 Å². The quantitative estimate of drug-likeness (QED) is 0.682. The number of nitrogens with one attached hydrogen (secondary N) is 2. The third-order valence-corrected chi connectivity index (χ3v) is 4.75. The molecular weight excluding hydrogens is 358 g/mol. The number of rotatable bonds is 7. The monoisotopic (exact) mass is 383 g/mol. The van der Waals surface area contributed by atoms with Gasteiger partial charge in [-0.05, 0) is 35.4 Å². The van der Waals surface area contributed by atoms with E-state index in [0.717, 1.165) is 16.9 Å². The topological polar surface area (TPSA) is 90.9 Å². The number of benzene rings is 2. The SMILES string of the molecule is COc1ccc(CNC(=O)Nc2ccc(CC(=O)N3CC(CO)C3)cc2)cc1. The summed E-state index contributed by atoms with van der Waals surface area (Å²) in [5.74, 6) is 1.05. The Kier molecular flexibility index (Phi) is 6.49. The number of amides is 3. The Morgan fingerprint density at radius 2 is 1.71 bits per heavy atom. The molecule has 0 saturated carbocycles. The van der Waals surface area contributed by atoms with Crippen molar-refractivity contribution in [3.05, 3.63) is 59.7 Å². The highest BCUT2D eigenvalue weighted by molar-refractivity contribution is 5.89. The van der Waals surface area contributed by atoms with Gasteiger partial charge in [0.1, 0.15) is 5.75 Å². The average Bonchev–Trinajstić information content (AvgIpc) is 2.67. The molecule has 1 aliphatic heterocycles. The van der Waals surface area contributed by atoms with Crippen LogP contribution in [0.4, 0.5) is 10.5 Å². The third-order valence-electron chi connectivity index (χ3n) is 4.75. The van der Waals surface area contributed by atoms with Crippen molar-refractivity contribution >= 4 is 17.6 Å². The summed E-state index contributed by atoms with van der Waals surface area (Å²) in [5, 5.41) is 14.6. The molecule has 3 rings (SSSR count). The van der Waals surface area contributed by atoms with Crippen molar-refractivity contribution in [1.29, 1.82) is 0 Å². The van der Waals surface area contributed by atoms with Crippen molar-refractivity contribution in [3.8, 4) is 5.75 Å². The van der Waals surface area contributed by atoms with Gasteiger partial charge in [-0.25, -0.2) is 4.79 Å². The van der Waals surface area contributed by atoms with Crippen LogP contribution in [-0.2, 0) is 17.8 Å². The van der Waals surface area contributed by atoms with E-state index in [1.54, 1.807) is 24.1 Å². The number of ether oxygens (including phenoxy) is 1. The van der Waals surface area contributed by atoms with E-state index >= 15 is 0 Å². The van der Waals surface area contributed by atoms with Crippen LogP contribution in [0.3, 0.4) is 0 Å². The molecule has 1 heterocycles. The van der Waals surface area contributed by atoms with Gasteiger partial charge in [-0.1, -0.05) is 24.3 Å². The second-order valence-corrected chi connectivity index (χ2v) is 6.88. The zero-order valence-electron chi connectivity index (χ0n) is 15.9. The lowest BCUT2D eigenvalue weighted by Crippen LogP contribution is -2.51. The first-order valence-corrected chi connectivity index (χ1v) is 9.22. The summed E-state index contributed by atoms with van der Waals surface area (Å²) in [6.45, 7) is 1.80. The lowest BCUT2D eigenvalue weighted by molar-refractivity contribution is -0.137. The van der Waals surface area contributed by atoms with E-state index < -0.39 is 0 Å². The van der Waals surface area contributed by atoms with Crippen molar-refractivity contribution in [2.24, 2.45) is 5.92 Å². The zero-order valence-corrected chi connectivity index (χ0v) is 15.9. The highest BCUT2D eigenvalue weighted by Crippen LogP contribution is 2.17. The molecule has 0 aliphatic carbocycles. The van der Waals surface area contributed by atoms with Crippen molar-refractivity contribution in [1.82, 2.24) is 10.2 Å². The molecule has 3 N–H and O–H groups in total. The van der Waals surface area contributed by atoms with E-state index in [-0.39, 0.29) is 24.5 Å². The van der Waals surface area contributed by atoms with Crippen LogP contribution < -0.4 is 15.4 Å². The van der Waals surface area contributed by atoms with Crippen LogP contribution in [0.5, 0.6) is 5.75 Å². The Labute approximate surface area is 164 Å². The predicted molar refractivity (Wildman–Crippen MR) is 106 cm³/mol. The Balaban J connectivity index is 1.43. The third kappa shape index (κ3) is 5.23. The Bertz CT molecular complexity index is 799. The van der Waals surface area contributed by atoms with Gasteiger partial charge < -0.3 is 25.4 Å². The predicted octanol–water partition coefficient (Wildman–Crippen LogP) is 2.01. The van der Waals surface area contributed by atoms with E-state index in [4.69, 9.17) is 9.84 Å². The van der Waals surface area contributed by atoms with Crippen LogP contribution in [0.15, 0.2) is 48.5 Å². The first-order valence-electron chi connectivity index (χ1n) is 9.22. The number of carbonyl (C=O) groups excluding carboxylic acids is 2. The first kappa shape index (κ1) is 19.7. The molecule has 2 aromatic rings. The zero-order chi connectivity index (χ0) is 19.9. The van der Waals surface area contributed by atoms with Crippen LogP contribution in [0.2, 0.25) is 0 Å². The van der Waals surface area contributed by atoms with Crippen LogP contribution >= 0.6 is 0 Å². The summed E-state index contributed by atoms with van der Waals surface area (Å²) < 4.78 is 5.11. The highest BCUT2D eigenvalue weighted by Gasteiger charge is 2.29. The van der Waals surface area contributed by atoms with Gasteiger partial charge in [0.05, 0.1) is 13.5 Å². The molecule has 0 atom stereocenters. The molecule has 28 heavy (non-hydrogen) atoms. The van der Waals surface area contributed by atoms with Gasteiger partial charge in [-0.2, -0.15) is 0 Å². The normalized spacial score (nSPS) is 13.6. The van der Waals surface area contributed by atoms with Crippen molar-refractivity contribution in [2.45, 2.75) is 13.0 Å². The second kappa shape index (κ2) is 9.23. The number of hydrogen-bond donors (Lipinski definition) is 3. The lowest BCUT2D eigenvalue weighted by atomic mass is 10.00. The molecule has 2 aromatic carbocycles. The van der Waals surface area contributed by atoms with E-state index in [1.165, 1.54) is 0 Å². The van der Waals surface area contributed by atoms with Gasteiger partial charge in [-0.15, -0.1) is 0 Å². The standard InChI is InChI=1S/C21H25N3O4/c1-28-19-8-4-16(5-9-19)11-22-21(27)23-18-6-2-15(3-7-18)10-20(26)24-12-17(13-24)14-25/h2-9,17,25H,10-14H2,1H3,(H2,22,23,27). The van der Waals surface area contributed by atoms with Crippen LogP contribution in [0.1, 0.15) is 11.1 Å². The summed E-state index contributed by atoms with van der Waals surface area (Å²) in [6, 6.07) is 14.4. The molecule has 0 radical (unpaired) electrons. The van der Waals surface area contributed by atoms with Crippen molar-refractivity contribution in [2.75, 3.05) is 32.1 Å². The van der Waals surface area contributed by atoms with Crippen molar-refractivity contribution in [3.63, 3.8) is 0 Å². The largest absolute Gasteiger partial charge is 0.497 e. The van der Waals surface area contributed by atoms with Crippen LogP contribution in [0.25, 0.3) is 0 Å². The van der Waals surface area contributed by atoms with Crippen LogP contribution in [0, 0.1) is 5.92 Å². The number of nitrogens with zero attached hydrogens (tertiary/aromatic N) is 1. The molecule has 3 amide bonds. The van der Waals surface area contributed by atoms with Gasteiger partial charge >= 0.3 is 6.03 Å². The fourth-order valence-electron chi connectivity index (χ4n) is 2.98. The molecule has 1 aliphatic rings. The molecule has 1 fully saturated rings. The second-order valence-electron chi connectivity index (χ2n) is 6.88. The number of anilines is 1. The first-order chi connectivity index (χ1) is 13.6. The maximum Gasteiger partial charge on any atom is 0.319 e. The van der Waals surface area contributed by atoms with E-state index in [9.17, 15) is 9.59 Å². The van der Waals surface area contributed by atoms with E-state index in [2.05, 4.69) is 10.6 Å². The molecule has 0 spiro atoms. The molecule has 0 aromatic heterocycles. The van der Waals surface area contributed by atoms with Gasteiger partial charge in [0.25, 0.3) is 0 Å². The van der Waals surface area contributed by atoms with E-state index in [0.29, 0.717) is 31.7 Å². The molecular formula is C21H25N3O4.